The van der Waals surface area contributed by atoms with E-state index < -0.39 is 0 Å². The lowest BCUT2D eigenvalue weighted by Gasteiger charge is -2.21. The molecule has 1 rings (SSSR count). The fourth-order valence-electron chi connectivity index (χ4n) is 1.94. The number of aliphatic hydroxyl groups is 1. The predicted octanol–water partition coefficient (Wildman–Crippen LogP) is 0.829. The Labute approximate surface area is 120 Å². The molecule has 0 heterocycles. The Hall–Kier alpha value is -1.43. The smallest absolute Gasteiger partial charge is 0.254 e. The molecule has 0 unspecified atom stereocenters. The van der Waals surface area contributed by atoms with Gasteiger partial charge < -0.3 is 19.6 Å². The monoisotopic (exact) mass is 280 g/mol. The Morgan fingerprint density at radius 1 is 1.20 bits per heavy atom. The molecule has 20 heavy (non-hydrogen) atoms. The van der Waals surface area contributed by atoms with Gasteiger partial charge in [0.25, 0.3) is 5.91 Å². The normalized spacial score (nSPS) is 10.8. The van der Waals surface area contributed by atoms with Gasteiger partial charge in [0.1, 0.15) is 0 Å². The molecule has 0 bridgehead atoms. The van der Waals surface area contributed by atoms with Crippen LogP contribution in [-0.4, -0.2) is 68.3 Å². The third kappa shape index (κ3) is 5.28. The van der Waals surface area contributed by atoms with Crippen molar-refractivity contribution >= 4 is 5.91 Å². The van der Waals surface area contributed by atoms with E-state index >= 15 is 0 Å². The number of hydrogen-bond donors (Lipinski definition) is 1. The Balaban J connectivity index is 2.72. The van der Waals surface area contributed by atoms with Gasteiger partial charge in [-0.1, -0.05) is 12.1 Å². The van der Waals surface area contributed by atoms with Crippen molar-refractivity contribution in [3.63, 3.8) is 0 Å². The van der Waals surface area contributed by atoms with Crippen molar-refractivity contribution < 1.29 is 14.6 Å². The number of carbonyl (C=O) groups excluding carboxylic acids is 1. The summed E-state index contributed by atoms with van der Waals surface area (Å²) < 4.78 is 4.99. The van der Waals surface area contributed by atoms with E-state index in [4.69, 9.17) is 9.84 Å². The molecule has 0 spiro atoms. The van der Waals surface area contributed by atoms with Gasteiger partial charge in [-0.15, -0.1) is 0 Å². The molecule has 1 N–H and O–H groups in total. The third-order valence-corrected chi connectivity index (χ3v) is 2.92. The predicted molar refractivity (Wildman–Crippen MR) is 78.7 cm³/mol. The van der Waals surface area contributed by atoms with E-state index in [2.05, 4.69) is 4.90 Å². The molecule has 0 aliphatic carbocycles. The molecule has 1 aromatic rings. The average molecular weight is 280 g/mol. The second-order valence-corrected chi connectivity index (χ2v) is 4.94. The number of ether oxygens (including phenoxy) is 1. The average Bonchev–Trinajstić information content (AvgIpc) is 2.43. The molecule has 0 saturated heterocycles. The molecule has 5 heteroatoms. The highest BCUT2D eigenvalue weighted by Gasteiger charge is 2.14. The lowest BCUT2D eigenvalue weighted by atomic mass is 10.1. The highest BCUT2D eigenvalue weighted by Crippen LogP contribution is 2.09. The maximum Gasteiger partial charge on any atom is 0.254 e. The van der Waals surface area contributed by atoms with Crippen LogP contribution in [0.2, 0.25) is 0 Å². The number of methoxy groups -OCH3 is 1. The van der Waals surface area contributed by atoms with Gasteiger partial charge in [0.15, 0.2) is 0 Å². The van der Waals surface area contributed by atoms with E-state index in [1.165, 1.54) is 0 Å². The second kappa shape index (κ2) is 8.68. The molecule has 1 amide bonds. The first-order chi connectivity index (χ1) is 9.58. The van der Waals surface area contributed by atoms with Crippen LogP contribution in [0.3, 0.4) is 0 Å². The number of rotatable bonds is 8. The first kappa shape index (κ1) is 16.6. The van der Waals surface area contributed by atoms with Gasteiger partial charge in [-0.25, -0.2) is 0 Å². The Morgan fingerprint density at radius 2 is 1.85 bits per heavy atom. The van der Waals surface area contributed by atoms with Crippen LogP contribution in [0.5, 0.6) is 0 Å². The van der Waals surface area contributed by atoms with Gasteiger partial charge in [-0.3, -0.25) is 4.79 Å². The van der Waals surface area contributed by atoms with E-state index in [9.17, 15) is 4.79 Å². The fraction of sp³-hybridized carbons (Fsp3) is 0.533. The summed E-state index contributed by atoms with van der Waals surface area (Å²) in [5.41, 5.74) is 1.80. The minimum Gasteiger partial charge on any atom is -0.395 e. The summed E-state index contributed by atoms with van der Waals surface area (Å²) in [4.78, 5) is 16.0. The highest BCUT2D eigenvalue weighted by atomic mass is 16.5. The van der Waals surface area contributed by atoms with Gasteiger partial charge in [0.2, 0.25) is 0 Å². The van der Waals surface area contributed by atoms with E-state index in [-0.39, 0.29) is 12.5 Å². The van der Waals surface area contributed by atoms with Gasteiger partial charge in [0, 0.05) is 32.3 Å². The van der Waals surface area contributed by atoms with Crippen LogP contribution < -0.4 is 0 Å². The summed E-state index contributed by atoms with van der Waals surface area (Å²) >= 11 is 0. The van der Waals surface area contributed by atoms with Crippen LogP contribution in [0.25, 0.3) is 0 Å². The zero-order chi connectivity index (χ0) is 15.0. The zero-order valence-electron chi connectivity index (χ0n) is 12.5. The third-order valence-electron chi connectivity index (χ3n) is 2.92. The molecule has 0 atom stereocenters. The molecule has 0 aliphatic rings. The standard InChI is InChI=1S/C15H24N2O3/c1-16(2)12-13-4-6-14(7-5-13)15(19)17(8-10-18)9-11-20-3/h4-7,18H,8-12H2,1-3H3. The summed E-state index contributed by atoms with van der Waals surface area (Å²) in [5.74, 6) is -0.0764. The highest BCUT2D eigenvalue weighted by molar-refractivity contribution is 5.94. The number of nitrogens with zero attached hydrogens (tertiary/aromatic N) is 2. The number of carbonyl (C=O) groups is 1. The van der Waals surface area contributed by atoms with Crippen LogP contribution in [0, 0.1) is 0 Å². The SMILES string of the molecule is COCCN(CCO)C(=O)c1ccc(CN(C)C)cc1. The fourth-order valence-corrected chi connectivity index (χ4v) is 1.94. The van der Waals surface area contributed by atoms with Crippen molar-refractivity contribution in [1.29, 1.82) is 0 Å². The quantitative estimate of drug-likeness (QED) is 0.766. The molecule has 0 saturated carbocycles. The second-order valence-electron chi connectivity index (χ2n) is 4.94. The number of amides is 1. The maximum absolute atomic E-state index is 12.3. The molecule has 0 aliphatic heterocycles. The number of aliphatic hydroxyl groups excluding tert-OH is 1. The molecular weight excluding hydrogens is 256 g/mol. The molecule has 0 radical (unpaired) electrons. The van der Waals surface area contributed by atoms with Gasteiger partial charge >= 0.3 is 0 Å². The van der Waals surface area contributed by atoms with Crippen LogP contribution in [0.4, 0.5) is 0 Å². The molecular formula is C15H24N2O3. The van der Waals surface area contributed by atoms with Crippen molar-refractivity contribution in [1.82, 2.24) is 9.80 Å². The van der Waals surface area contributed by atoms with Crippen molar-refractivity contribution in [2.75, 3.05) is 47.5 Å². The van der Waals surface area contributed by atoms with Crippen molar-refractivity contribution in [2.45, 2.75) is 6.54 Å². The van der Waals surface area contributed by atoms with Crippen LogP contribution in [-0.2, 0) is 11.3 Å². The lowest BCUT2D eigenvalue weighted by molar-refractivity contribution is 0.0656. The van der Waals surface area contributed by atoms with Crippen molar-refractivity contribution in [3.05, 3.63) is 35.4 Å². The zero-order valence-corrected chi connectivity index (χ0v) is 12.5. The first-order valence-electron chi connectivity index (χ1n) is 6.71. The van der Waals surface area contributed by atoms with Gasteiger partial charge in [0.05, 0.1) is 13.2 Å². The van der Waals surface area contributed by atoms with Gasteiger partial charge in [-0.05, 0) is 31.8 Å². The number of benzene rings is 1. The summed E-state index contributed by atoms with van der Waals surface area (Å²) in [6, 6.07) is 7.58. The Morgan fingerprint density at radius 3 is 2.35 bits per heavy atom. The summed E-state index contributed by atoms with van der Waals surface area (Å²) in [6.45, 7) is 2.06. The first-order valence-corrected chi connectivity index (χ1v) is 6.71. The van der Waals surface area contributed by atoms with Crippen LogP contribution in [0.1, 0.15) is 15.9 Å². The maximum atomic E-state index is 12.3. The summed E-state index contributed by atoms with van der Waals surface area (Å²) in [7, 11) is 5.61. The lowest BCUT2D eigenvalue weighted by Crippen LogP contribution is -2.36. The van der Waals surface area contributed by atoms with Crippen molar-refractivity contribution in [2.24, 2.45) is 0 Å². The Kier molecular flexibility index (Phi) is 7.22. The summed E-state index contributed by atoms with van der Waals surface area (Å²) in [5, 5.41) is 9.03. The minimum atomic E-state index is -0.0764. The largest absolute Gasteiger partial charge is 0.395 e. The molecule has 0 aromatic heterocycles. The van der Waals surface area contributed by atoms with E-state index in [0.717, 1.165) is 12.1 Å². The van der Waals surface area contributed by atoms with Crippen LogP contribution in [0.15, 0.2) is 24.3 Å². The molecule has 5 nitrogen and oxygen atoms in total. The minimum absolute atomic E-state index is 0.0475. The van der Waals surface area contributed by atoms with E-state index in [1.54, 1.807) is 12.0 Å². The van der Waals surface area contributed by atoms with Crippen LogP contribution >= 0.6 is 0 Å². The van der Waals surface area contributed by atoms with Crippen molar-refractivity contribution in [3.8, 4) is 0 Å². The topological polar surface area (TPSA) is 53.0 Å². The molecule has 1 aromatic carbocycles. The molecule has 112 valence electrons. The number of hydrogen-bond acceptors (Lipinski definition) is 4. The Bertz CT molecular complexity index is 404. The molecule has 0 fully saturated rings. The summed E-state index contributed by atoms with van der Waals surface area (Å²) in [6.07, 6.45) is 0. The van der Waals surface area contributed by atoms with Gasteiger partial charge in [-0.2, -0.15) is 0 Å². The van der Waals surface area contributed by atoms with E-state index in [1.807, 2.05) is 38.4 Å². The van der Waals surface area contributed by atoms with E-state index in [0.29, 0.717) is 25.3 Å².